The molecule has 6 heteroatoms. The standard InChI is InChI=1S/C16H18FN3S2/c1-10-8-15(12(3)22-10)11(2)19-20-16(21)18-9-13-4-6-14(17)7-5-13/h4-8H,9H2,1-3H3,(H2,18,20,21)/b19-11-. The van der Waals surface area contributed by atoms with E-state index in [-0.39, 0.29) is 5.82 Å². The number of hydrazone groups is 1. The Bertz CT molecular complexity index is 690. The summed E-state index contributed by atoms with van der Waals surface area (Å²) in [6, 6.07) is 8.42. The number of nitrogens with zero attached hydrogens (tertiary/aromatic N) is 1. The first kappa shape index (κ1) is 16.6. The number of aryl methyl sites for hydroxylation is 2. The second kappa shape index (κ2) is 7.47. The van der Waals surface area contributed by atoms with Gasteiger partial charge in [0.1, 0.15) is 5.82 Å². The van der Waals surface area contributed by atoms with Crippen molar-refractivity contribution in [3.8, 4) is 0 Å². The number of hydrogen-bond donors (Lipinski definition) is 2. The van der Waals surface area contributed by atoms with Crippen molar-refractivity contribution in [2.45, 2.75) is 27.3 Å². The molecule has 0 aliphatic carbocycles. The van der Waals surface area contributed by atoms with Gasteiger partial charge in [0.25, 0.3) is 0 Å². The van der Waals surface area contributed by atoms with Gasteiger partial charge < -0.3 is 5.32 Å². The maximum atomic E-state index is 12.8. The zero-order valence-corrected chi connectivity index (χ0v) is 14.4. The zero-order valence-electron chi connectivity index (χ0n) is 12.7. The summed E-state index contributed by atoms with van der Waals surface area (Å²) in [4.78, 5) is 2.50. The van der Waals surface area contributed by atoms with Crippen LogP contribution in [-0.4, -0.2) is 10.8 Å². The highest BCUT2D eigenvalue weighted by atomic mass is 32.1. The topological polar surface area (TPSA) is 36.4 Å². The monoisotopic (exact) mass is 335 g/mol. The molecular weight excluding hydrogens is 317 g/mol. The predicted octanol–water partition coefficient (Wildman–Crippen LogP) is 3.89. The lowest BCUT2D eigenvalue weighted by molar-refractivity contribution is 0.626. The molecule has 0 saturated heterocycles. The summed E-state index contributed by atoms with van der Waals surface area (Å²) in [5.74, 6) is -0.244. The molecule has 2 aromatic rings. The second-order valence-corrected chi connectivity index (χ2v) is 6.81. The molecule has 0 aliphatic heterocycles. The molecule has 0 aliphatic rings. The Morgan fingerprint density at radius 1 is 1.27 bits per heavy atom. The molecule has 1 aromatic carbocycles. The normalized spacial score (nSPS) is 11.4. The van der Waals surface area contributed by atoms with Crippen molar-refractivity contribution in [1.29, 1.82) is 0 Å². The molecule has 2 rings (SSSR count). The summed E-state index contributed by atoms with van der Waals surface area (Å²) >= 11 is 6.94. The highest BCUT2D eigenvalue weighted by Crippen LogP contribution is 2.20. The van der Waals surface area contributed by atoms with Gasteiger partial charge in [-0.25, -0.2) is 4.39 Å². The van der Waals surface area contributed by atoms with Gasteiger partial charge in [-0.2, -0.15) is 5.10 Å². The number of nitrogens with one attached hydrogen (secondary N) is 2. The van der Waals surface area contributed by atoms with Gasteiger partial charge >= 0.3 is 0 Å². The Balaban J connectivity index is 1.88. The molecule has 0 saturated carbocycles. The number of hydrogen-bond acceptors (Lipinski definition) is 3. The lowest BCUT2D eigenvalue weighted by atomic mass is 10.2. The summed E-state index contributed by atoms with van der Waals surface area (Å²) in [7, 11) is 0. The number of rotatable bonds is 4. The molecule has 0 spiro atoms. The molecule has 0 atom stereocenters. The van der Waals surface area contributed by atoms with Gasteiger partial charge in [0, 0.05) is 21.9 Å². The van der Waals surface area contributed by atoms with Crippen LogP contribution in [-0.2, 0) is 6.54 Å². The Kier molecular flexibility index (Phi) is 5.63. The highest BCUT2D eigenvalue weighted by Gasteiger charge is 2.06. The fourth-order valence-electron chi connectivity index (χ4n) is 2.01. The molecule has 0 fully saturated rings. The van der Waals surface area contributed by atoms with Crippen molar-refractivity contribution in [3.05, 3.63) is 57.0 Å². The van der Waals surface area contributed by atoms with Crippen LogP contribution >= 0.6 is 23.6 Å². The van der Waals surface area contributed by atoms with Gasteiger partial charge in [-0.3, -0.25) is 5.43 Å². The molecule has 0 unspecified atom stereocenters. The average molecular weight is 335 g/mol. The van der Waals surface area contributed by atoms with E-state index in [0.29, 0.717) is 11.7 Å². The summed E-state index contributed by atoms with van der Waals surface area (Å²) in [6.07, 6.45) is 0. The third-order valence-corrected chi connectivity index (χ3v) is 4.32. The Morgan fingerprint density at radius 3 is 2.55 bits per heavy atom. The SMILES string of the molecule is C/C(=N/NC(=S)NCc1ccc(F)cc1)c1cc(C)sc1C. The van der Waals surface area contributed by atoms with Gasteiger partial charge in [0.2, 0.25) is 0 Å². The van der Waals surface area contributed by atoms with E-state index in [1.165, 1.54) is 21.9 Å². The maximum Gasteiger partial charge on any atom is 0.187 e. The number of halogens is 1. The lowest BCUT2D eigenvalue weighted by Crippen LogP contribution is -2.32. The molecule has 1 heterocycles. The minimum Gasteiger partial charge on any atom is -0.357 e. The van der Waals surface area contributed by atoms with Crippen LogP contribution in [0.5, 0.6) is 0 Å². The third-order valence-electron chi connectivity index (χ3n) is 3.12. The Morgan fingerprint density at radius 2 is 1.95 bits per heavy atom. The minimum atomic E-state index is -0.244. The van der Waals surface area contributed by atoms with E-state index in [1.807, 2.05) is 6.92 Å². The van der Waals surface area contributed by atoms with E-state index in [9.17, 15) is 4.39 Å². The summed E-state index contributed by atoms with van der Waals surface area (Å²) in [6.45, 7) is 6.63. The second-order valence-electron chi connectivity index (χ2n) is 4.95. The van der Waals surface area contributed by atoms with Gasteiger partial charge in [-0.15, -0.1) is 11.3 Å². The molecule has 0 bridgehead atoms. The molecule has 1 aromatic heterocycles. The number of thiophene rings is 1. The Hall–Kier alpha value is -1.79. The van der Waals surface area contributed by atoms with Crippen LogP contribution in [0.15, 0.2) is 35.4 Å². The number of benzene rings is 1. The third kappa shape index (κ3) is 4.61. The van der Waals surface area contributed by atoms with Crippen molar-refractivity contribution in [2.24, 2.45) is 5.10 Å². The molecule has 3 nitrogen and oxygen atoms in total. The maximum absolute atomic E-state index is 12.8. The van der Waals surface area contributed by atoms with Crippen molar-refractivity contribution < 1.29 is 4.39 Å². The summed E-state index contributed by atoms with van der Waals surface area (Å²) in [5, 5.41) is 7.78. The van der Waals surface area contributed by atoms with Gasteiger partial charge in [-0.1, -0.05) is 12.1 Å². The minimum absolute atomic E-state index is 0.244. The fraction of sp³-hybridized carbons (Fsp3) is 0.250. The largest absolute Gasteiger partial charge is 0.357 e. The van der Waals surface area contributed by atoms with Crippen LogP contribution in [0, 0.1) is 19.7 Å². The molecule has 116 valence electrons. The summed E-state index contributed by atoms with van der Waals surface area (Å²) in [5.41, 5.74) is 5.82. The van der Waals surface area contributed by atoms with Crippen LogP contribution in [0.25, 0.3) is 0 Å². The molecule has 0 amide bonds. The molecule has 2 N–H and O–H groups in total. The van der Waals surface area contributed by atoms with E-state index < -0.39 is 0 Å². The van der Waals surface area contributed by atoms with Gasteiger partial charge in [0.05, 0.1) is 5.71 Å². The Labute approximate surface area is 139 Å². The van der Waals surface area contributed by atoms with Crippen LogP contribution in [0.3, 0.4) is 0 Å². The van der Waals surface area contributed by atoms with E-state index in [4.69, 9.17) is 12.2 Å². The van der Waals surface area contributed by atoms with Crippen LogP contribution in [0.4, 0.5) is 4.39 Å². The van der Waals surface area contributed by atoms with Crippen molar-refractivity contribution in [2.75, 3.05) is 0 Å². The van der Waals surface area contributed by atoms with Crippen LogP contribution < -0.4 is 10.7 Å². The van der Waals surface area contributed by atoms with Gasteiger partial charge in [0.15, 0.2) is 5.11 Å². The van der Waals surface area contributed by atoms with Crippen LogP contribution in [0.2, 0.25) is 0 Å². The highest BCUT2D eigenvalue weighted by molar-refractivity contribution is 7.80. The molecule has 0 radical (unpaired) electrons. The van der Waals surface area contributed by atoms with E-state index in [1.54, 1.807) is 23.5 Å². The smallest absolute Gasteiger partial charge is 0.187 e. The molecular formula is C16H18FN3S2. The first-order valence-corrected chi connectivity index (χ1v) is 8.08. The van der Waals surface area contributed by atoms with Gasteiger partial charge in [-0.05, 0) is 56.8 Å². The first-order chi connectivity index (χ1) is 10.5. The zero-order chi connectivity index (χ0) is 16.1. The lowest BCUT2D eigenvalue weighted by Gasteiger charge is -2.08. The fourth-order valence-corrected chi connectivity index (χ4v) is 3.10. The molecule has 22 heavy (non-hydrogen) atoms. The summed E-state index contributed by atoms with van der Waals surface area (Å²) < 4.78 is 12.8. The van der Waals surface area contributed by atoms with E-state index >= 15 is 0 Å². The van der Waals surface area contributed by atoms with Crippen molar-refractivity contribution >= 4 is 34.4 Å². The van der Waals surface area contributed by atoms with Crippen molar-refractivity contribution in [3.63, 3.8) is 0 Å². The first-order valence-electron chi connectivity index (χ1n) is 6.85. The quantitative estimate of drug-likeness (QED) is 0.505. The predicted molar refractivity (Wildman–Crippen MR) is 95.0 cm³/mol. The average Bonchev–Trinajstić information content (AvgIpc) is 2.83. The number of thiocarbonyl (C=S) groups is 1. The van der Waals surface area contributed by atoms with E-state index in [2.05, 4.69) is 35.8 Å². The van der Waals surface area contributed by atoms with Crippen LogP contribution in [0.1, 0.15) is 27.8 Å². The van der Waals surface area contributed by atoms with Crippen molar-refractivity contribution in [1.82, 2.24) is 10.7 Å². The van der Waals surface area contributed by atoms with E-state index in [0.717, 1.165) is 16.8 Å².